The molecule has 8 heteroatoms. The lowest BCUT2D eigenvalue weighted by Crippen LogP contribution is -2.36. The first kappa shape index (κ1) is 15.1. The molecule has 2 N–H and O–H groups in total. The third-order valence-corrected chi connectivity index (χ3v) is 2.26. The summed E-state index contributed by atoms with van der Waals surface area (Å²) in [6.45, 7) is 6.67. The number of methoxy groups -OCH3 is 1. The largest absolute Gasteiger partial charge is 0.382 e. The fourth-order valence-corrected chi connectivity index (χ4v) is 1.56. The van der Waals surface area contributed by atoms with E-state index in [1.807, 2.05) is 20.8 Å². The number of nitrogens with one attached hydrogen (secondary N) is 2. The van der Waals surface area contributed by atoms with Gasteiger partial charge in [0.25, 0.3) is 0 Å². The second kappa shape index (κ2) is 6.28. The summed E-state index contributed by atoms with van der Waals surface area (Å²) in [6, 6.07) is 0. The van der Waals surface area contributed by atoms with Gasteiger partial charge in [-0.3, -0.25) is 10.1 Å². The highest BCUT2D eigenvalue weighted by Gasteiger charge is 2.24. The molecule has 0 aliphatic rings. The Morgan fingerprint density at radius 2 is 2.21 bits per heavy atom. The van der Waals surface area contributed by atoms with Crippen molar-refractivity contribution in [3.63, 3.8) is 0 Å². The van der Waals surface area contributed by atoms with Crippen molar-refractivity contribution in [2.45, 2.75) is 26.3 Å². The minimum atomic E-state index is -0.513. The van der Waals surface area contributed by atoms with Gasteiger partial charge in [0.1, 0.15) is 6.20 Å². The first-order valence-electron chi connectivity index (χ1n) is 5.92. The summed E-state index contributed by atoms with van der Waals surface area (Å²) < 4.78 is 5.07. The van der Waals surface area contributed by atoms with Crippen LogP contribution in [0.25, 0.3) is 0 Å². The van der Waals surface area contributed by atoms with Crippen LogP contribution in [0, 0.1) is 10.1 Å². The predicted molar refractivity (Wildman–Crippen MR) is 72.4 cm³/mol. The van der Waals surface area contributed by atoms with Crippen LogP contribution in [0.4, 0.5) is 17.5 Å². The van der Waals surface area contributed by atoms with Gasteiger partial charge in [0.05, 0.1) is 17.1 Å². The fourth-order valence-electron chi connectivity index (χ4n) is 1.56. The normalized spacial score (nSPS) is 11.2. The zero-order chi connectivity index (χ0) is 14.5. The van der Waals surface area contributed by atoms with Gasteiger partial charge >= 0.3 is 5.69 Å². The highest BCUT2D eigenvalue weighted by molar-refractivity contribution is 5.58. The van der Waals surface area contributed by atoms with Crippen LogP contribution in [0.1, 0.15) is 20.8 Å². The number of hydrogen-bond donors (Lipinski definition) is 2. The summed E-state index contributed by atoms with van der Waals surface area (Å²) in [6.07, 6.45) is 1.19. The van der Waals surface area contributed by atoms with Gasteiger partial charge < -0.3 is 15.4 Å². The van der Waals surface area contributed by atoms with Crippen molar-refractivity contribution in [2.75, 3.05) is 30.9 Å². The fraction of sp³-hybridized carbons (Fsp3) is 0.636. The van der Waals surface area contributed by atoms with Crippen molar-refractivity contribution in [1.29, 1.82) is 0 Å². The van der Waals surface area contributed by atoms with E-state index >= 15 is 0 Å². The molecule has 8 nitrogen and oxygen atoms in total. The van der Waals surface area contributed by atoms with E-state index in [9.17, 15) is 10.1 Å². The van der Waals surface area contributed by atoms with Crippen LogP contribution in [0.15, 0.2) is 6.20 Å². The molecule has 0 amide bonds. The van der Waals surface area contributed by atoms with E-state index in [0.29, 0.717) is 19.1 Å². The summed E-state index contributed by atoms with van der Waals surface area (Å²) >= 11 is 0. The molecule has 0 aliphatic carbocycles. The highest BCUT2D eigenvalue weighted by atomic mass is 16.6. The van der Waals surface area contributed by atoms with Crippen LogP contribution in [0.3, 0.4) is 0 Å². The Labute approximate surface area is 111 Å². The molecule has 0 radical (unpaired) electrons. The number of rotatable bonds is 7. The Kier molecular flexibility index (Phi) is 4.99. The second-order valence-corrected chi connectivity index (χ2v) is 4.66. The Morgan fingerprint density at radius 1 is 1.53 bits per heavy atom. The van der Waals surface area contributed by atoms with Gasteiger partial charge in [-0.1, -0.05) is 0 Å². The number of nitro groups is 1. The van der Waals surface area contributed by atoms with E-state index in [1.165, 1.54) is 6.20 Å². The molecular formula is C11H19N5O3. The molecule has 106 valence electrons. The van der Waals surface area contributed by atoms with Crippen LogP contribution >= 0.6 is 0 Å². The maximum atomic E-state index is 11.0. The van der Waals surface area contributed by atoms with Crippen LogP contribution < -0.4 is 10.6 Å². The SMILES string of the molecule is CCNc1ncc([N+](=O)[O-])c(NC(C)(C)COC)n1. The summed E-state index contributed by atoms with van der Waals surface area (Å²) in [4.78, 5) is 18.5. The van der Waals surface area contributed by atoms with E-state index in [1.54, 1.807) is 7.11 Å². The molecule has 0 fully saturated rings. The quantitative estimate of drug-likeness (QED) is 0.573. The van der Waals surface area contributed by atoms with Gasteiger partial charge in [0.15, 0.2) is 0 Å². The summed E-state index contributed by atoms with van der Waals surface area (Å²) in [5.74, 6) is 0.529. The Hall–Kier alpha value is -1.96. The smallest absolute Gasteiger partial charge is 0.329 e. The van der Waals surface area contributed by atoms with Gasteiger partial charge in [-0.2, -0.15) is 4.98 Å². The molecule has 1 heterocycles. The van der Waals surface area contributed by atoms with Crippen molar-refractivity contribution in [3.05, 3.63) is 16.3 Å². The molecule has 0 bridgehead atoms. The Morgan fingerprint density at radius 3 is 2.74 bits per heavy atom. The minimum absolute atomic E-state index is 0.161. The topological polar surface area (TPSA) is 102 Å². The monoisotopic (exact) mass is 269 g/mol. The number of aromatic nitrogens is 2. The minimum Gasteiger partial charge on any atom is -0.382 e. The number of anilines is 2. The van der Waals surface area contributed by atoms with E-state index in [-0.39, 0.29) is 11.5 Å². The average Bonchev–Trinajstić information content (AvgIpc) is 2.28. The Balaban J connectivity index is 3.07. The lowest BCUT2D eigenvalue weighted by atomic mass is 10.1. The van der Waals surface area contributed by atoms with Crippen molar-refractivity contribution in [2.24, 2.45) is 0 Å². The summed E-state index contributed by atoms with van der Waals surface area (Å²) in [5, 5.41) is 16.9. The first-order valence-corrected chi connectivity index (χ1v) is 5.92. The molecule has 0 saturated heterocycles. The van der Waals surface area contributed by atoms with Crippen LogP contribution in [0.2, 0.25) is 0 Å². The van der Waals surface area contributed by atoms with Crippen LogP contribution in [0.5, 0.6) is 0 Å². The zero-order valence-electron chi connectivity index (χ0n) is 11.6. The average molecular weight is 269 g/mol. The number of nitrogens with zero attached hydrogens (tertiary/aromatic N) is 3. The molecule has 0 aliphatic heterocycles. The molecule has 19 heavy (non-hydrogen) atoms. The first-order chi connectivity index (χ1) is 8.89. The third kappa shape index (κ3) is 4.32. The zero-order valence-corrected chi connectivity index (χ0v) is 11.6. The van der Waals surface area contributed by atoms with Gasteiger partial charge in [0.2, 0.25) is 11.8 Å². The number of ether oxygens (including phenoxy) is 1. The van der Waals surface area contributed by atoms with Crippen molar-refractivity contribution < 1.29 is 9.66 Å². The van der Waals surface area contributed by atoms with Crippen molar-refractivity contribution in [3.8, 4) is 0 Å². The Bertz CT molecular complexity index is 450. The maximum Gasteiger partial charge on any atom is 0.329 e. The van der Waals surface area contributed by atoms with Gasteiger partial charge in [-0.15, -0.1) is 0 Å². The summed E-state index contributed by atoms with van der Waals surface area (Å²) in [7, 11) is 1.57. The van der Waals surface area contributed by atoms with Crippen molar-refractivity contribution >= 4 is 17.5 Å². The number of hydrogen-bond acceptors (Lipinski definition) is 7. The van der Waals surface area contributed by atoms with E-state index < -0.39 is 10.5 Å². The van der Waals surface area contributed by atoms with Crippen LogP contribution in [-0.4, -0.2) is 40.7 Å². The highest BCUT2D eigenvalue weighted by Crippen LogP contribution is 2.25. The molecule has 1 aromatic rings. The molecule has 0 spiro atoms. The maximum absolute atomic E-state index is 11.0. The van der Waals surface area contributed by atoms with Gasteiger partial charge in [0, 0.05) is 13.7 Å². The third-order valence-electron chi connectivity index (χ3n) is 2.26. The molecule has 1 rings (SSSR count). The molecule has 0 saturated carbocycles. The molecule has 0 unspecified atom stereocenters. The van der Waals surface area contributed by atoms with E-state index in [0.717, 1.165) is 0 Å². The van der Waals surface area contributed by atoms with Crippen LogP contribution in [-0.2, 0) is 4.74 Å². The second-order valence-electron chi connectivity index (χ2n) is 4.66. The van der Waals surface area contributed by atoms with E-state index in [2.05, 4.69) is 20.6 Å². The molecule has 1 aromatic heterocycles. The van der Waals surface area contributed by atoms with Gasteiger partial charge in [-0.05, 0) is 20.8 Å². The van der Waals surface area contributed by atoms with E-state index in [4.69, 9.17) is 4.74 Å². The van der Waals surface area contributed by atoms with Crippen molar-refractivity contribution in [1.82, 2.24) is 9.97 Å². The molecular weight excluding hydrogens is 250 g/mol. The molecule has 0 atom stereocenters. The lowest BCUT2D eigenvalue weighted by molar-refractivity contribution is -0.384. The summed E-state index contributed by atoms with van der Waals surface area (Å²) in [5.41, 5.74) is -0.636. The lowest BCUT2D eigenvalue weighted by Gasteiger charge is -2.25. The van der Waals surface area contributed by atoms with Gasteiger partial charge in [-0.25, -0.2) is 4.98 Å². The predicted octanol–water partition coefficient (Wildman–Crippen LogP) is 1.65. The standard InChI is InChI=1S/C11H19N5O3/c1-5-12-10-13-6-8(16(17)18)9(14-10)15-11(2,3)7-19-4/h6H,5,7H2,1-4H3,(H2,12,13,14,15). The molecule has 0 aromatic carbocycles.